The van der Waals surface area contributed by atoms with Gasteiger partial charge in [-0.15, -0.1) is 0 Å². The zero-order valence-corrected chi connectivity index (χ0v) is 16.0. The number of imide groups is 1. The lowest BCUT2D eigenvalue weighted by Crippen LogP contribution is -2.37. The Morgan fingerprint density at radius 1 is 1.12 bits per heavy atom. The summed E-state index contributed by atoms with van der Waals surface area (Å²) in [5.41, 5.74) is 0.770. The molecule has 1 saturated heterocycles. The van der Waals surface area contributed by atoms with Crippen LogP contribution in [0.1, 0.15) is 16.8 Å². The Morgan fingerprint density at radius 3 is 2.25 bits per heavy atom. The molecule has 126 valence electrons. The first kappa shape index (κ1) is 16.3. The third-order valence-electron chi connectivity index (χ3n) is 5.51. The summed E-state index contributed by atoms with van der Waals surface area (Å²) in [5.74, 6) is -0.960. The van der Waals surface area contributed by atoms with Crippen molar-refractivity contribution in [2.24, 2.45) is 23.7 Å². The van der Waals surface area contributed by atoms with Gasteiger partial charge in [0.05, 0.1) is 30.2 Å². The second-order valence-electron chi connectivity index (χ2n) is 6.56. The summed E-state index contributed by atoms with van der Waals surface area (Å²) in [5, 5.41) is 0. The number of benzene rings is 1. The number of amides is 2. The molecule has 0 N–H and O–H groups in total. The predicted molar refractivity (Wildman–Crippen MR) is 94.3 cm³/mol. The van der Waals surface area contributed by atoms with Gasteiger partial charge in [-0.1, -0.05) is 37.9 Å². The molecule has 0 radical (unpaired) electrons. The first-order valence-corrected chi connectivity index (χ1v) is 9.63. The first-order valence-electron chi connectivity index (χ1n) is 7.80. The number of anilines is 1. The average Bonchev–Trinajstić information content (AvgIpc) is 3.19. The van der Waals surface area contributed by atoms with Crippen molar-refractivity contribution in [3.05, 3.63) is 29.8 Å². The van der Waals surface area contributed by atoms with Crippen LogP contribution < -0.4 is 4.90 Å². The second kappa shape index (κ2) is 5.66. The summed E-state index contributed by atoms with van der Waals surface area (Å²) in [6.45, 7) is 0. The topological polar surface area (TPSA) is 63.7 Å². The van der Waals surface area contributed by atoms with Crippen molar-refractivity contribution in [2.75, 3.05) is 12.0 Å². The molecule has 4 rings (SSSR count). The van der Waals surface area contributed by atoms with Crippen LogP contribution in [0.25, 0.3) is 0 Å². The largest absolute Gasteiger partial charge is 0.465 e. The van der Waals surface area contributed by atoms with Crippen LogP contribution in [0.4, 0.5) is 5.69 Å². The number of carbonyl (C=O) groups excluding carboxylic acids is 3. The van der Waals surface area contributed by atoms with E-state index >= 15 is 0 Å². The Hall–Kier alpha value is -1.21. The highest BCUT2D eigenvalue weighted by atomic mass is 79.9. The molecule has 2 amide bonds. The lowest BCUT2D eigenvalue weighted by Gasteiger charge is -2.28. The predicted octanol–water partition coefficient (Wildman–Crippen LogP) is 2.76. The molecule has 1 aliphatic heterocycles. The molecular formula is C17H15Br2NO4. The fourth-order valence-electron chi connectivity index (χ4n) is 4.49. The van der Waals surface area contributed by atoms with Gasteiger partial charge in [-0.2, -0.15) is 0 Å². The molecule has 2 aliphatic carbocycles. The Kier molecular flexibility index (Phi) is 3.84. The highest BCUT2D eigenvalue weighted by Gasteiger charge is 2.66. The minimum absolute atomic E-state index is 0.150. The summed E-state index contributed by atoms with van der Waals surface area (Å²) < 4.78 is 4.71. The van der Waals surface area contributed by atoms with Gasteiger partial charge < -0.3 is 4.74 Å². The van der Waals surface area contributed by atoms with Crippen LogP contribution >= 0.6 is 31.9 Å². The second-order valence-corrected chi connectivity index (χ2v) is 8.67. The molecular weight excluding hydrogens is 442 g/mol. The molecule has 2 bridgehead atoms. The van der Waals surface area contributed by atoms with Crippen LogP contribution in [0.2, 0.25) is 0 Å². The van der Waals surface area contributed by atoms with Crippen molar-refractivity contribution >= 4 is 55.3 Å². The summed E-state index contributed by atoms with van der Waals surface area (Å²) in [7, 11) is 1.30. The lowest BCUT2D eigenvalue weighted by atomic mass is 9.81. The number of hydrogen-bond donors (Lipinski definition) is 0. The van der Waals surface area contributed by atoms with E-state index in [-0.39, 0.29) is 45.1 Å². The number of halogens is 2. The molecule has 24 heavy (non-hydrogen) atoms. The van der Waals surface area contributed by atoms with Gasteiger partial charge in [-0.05, 0) is 36.5 Å². The molecule has 0 aromatic heterocycles. The van der Waals surface area contributed by atoms with E-state index in [1.165, 1.54) is 12.0 Å². The fourth-order valence-corrected chi connectivity index (χ4v) is 6.37. The standard InChI is InChI=1S/C17H15Br2NO4/c1-24-17(23)7-3-2-4-8(5-7)20-15(21)11-9-6-10(12(11)16(20)22)14(19)13(9)18/h2-5,9-14H,6H2,1H3/t9-,10-,11-,12-,13-,14+/m1/s1. The number of carbonyl (C=O) groups is 3. The van der Waals surface area contributed by atoms with Crippen LogP contribution in [0.5, 0.6) is 0 Å². The highest BCUT2D eigenvalue weighted by Crippen LogP contribution is 2.60. The third-order valence-corrected chi connectivity index (χ3v) is 8.72. The molecule has 6 atom stereocenters. The SMILES string of the molecule is COC(=O)c1cccc(N2C(=O)[C@@H]3[C@H]4C[C@@H]([C@@H](Br)[C@H]4Br)[C@H]3C2=O)c1. The summed E-state index contributed by atoms with van der Waals surface area (Å²) >= 11 is 7.34. The van der Waals surface area contributed by atoms with E-state index in [0.717, 1.165) is 6.42 Å². The van der Waals surface area contributed by atoms with Crippen molar-refractivity contribution in [3.8, 4) is 0 Å². The monoisotopic (exact) mass is 455 g/mol. The third kappa shape index (κ3) is 2.07. The van der Waals surface area contributed by atoms with Crippen LogP contribution in [0, 0.1) is 23.7 Å². The minimum atomic E-state index is -0.489. The average molecular weight is 457 g/mol. The van der Waals surface area contributed by atoms with E-state index in [1.807, 2.05) is 0 Å². The highest BCUT2D eigenvalue weighted by molar-refractivity contribution is 9.12. The summed E-state index contributed by atoms with van der Waals surface area (Å²) in [6.07, 6.45) is 0.898. The number of nitrogens with zero attached hydrogens (tertiary/aromatic N) is 1. The van der Waals surface area contributed by atoms with Crippen LogP contribution in [-0.2, 0) is 14.3 Å². The molecule has 2 saturated carbocycles. The van der Waals surface area contributed by atoms with Crippen molar-refractivity contribution in [2.45, 2.75) is 16.1 Å². The minimum Gasteiger partial charge on any atom is -0.465 e. The van der Waals surface area contributed by atoms with Gasteiger partial charge >= 0.3 is 5.97 Å². The quantitative estimate of drug-likeness (QED) is 0.390. The van der Waals surface area contributed by atoms with Gasteiger partial charge in [0, 0.05) is 9.65 Å². The number of methoxy groups -OCH3 is 1. The van der Waals surface area contributed by atoms with E-state index in [4.69, 9.17) is 4.74 Å². The molecule has 0 spiro atoms. The number of hydrogen-bond acceptors (Lipinski definition) is 4. The van der Waals surface area contributed by atoms with Crippen molar-refractivity contribution in [3.63, 3.8) is 0 Å². The van der Waals surface area contributed by atoms with Crippen LogP contribution in [0.15, 0.2) is 24.3 Å². The zero-order chi connectivity index (χ0) is 17.2. The molecule has 5 nitrogen and oxygen atoms in total. The maximum atomic E-state index is 12.9. The molecule has 1 heterocycles. The van der Waals surface area contributed by atoms with E-state index in [1.54, 1.807) is 24.3 Å². The normalized spacial score (nSPS) is 37.0. The Bertz CT molecular complexity index is 720. The zero-order valence-electron chi connectivity index (χ0n) is 12.8. The summed E-state index contributed by atoms with van der Waals surface area (Å²) in [6, 6.07) is 6.49. The van der Waals surface area contributed by atoms with Crippen molar-refractivity contribution in [1.82, 2.24) is 0 Å². The molecule has 3 aliphatic rings. The molecule has 7 heteroatoms. The molecule has 1 aromatic carbocycles. The number of fused-ring (bicyclic) bond motifs is 5. The Morgan fingerprint density at radius 2 is 1.71 bits per heavy atom. The van der Waals surface area contributed by atoms with Crippen LogP contribution in [0.3, 0.4) is 0 Å². The maximum Gasteiger partial charge on any atom is 0.337 e. The lowest BCUT2D eigenvalue weighted by molar-refractivity contribution is -0.123. The maximum absolute atomic E-state index is 12.9. The number of ether oxygens (including phenoxy) is 1. The van der Waals surface area contributed by atoms with Gasteiger partial charge in [0.1, 0.15) is 0 Å². The molecule has 0 unspecified atom stereocenters. The Labute approximate surface area is 156 Å². The van der Waals surface area contributed by atoms with E-state index in [9.17, 15) is 14.4 Å². The van der Waals surface area contributed by atoms with E-state index < -0.39 is 5.97 Å². The summed E-state index contributed by atoms with van der Waals surface area (Å²) in [4.78, 5) is 39.3. The van der Waals surface area contributed by atoms with Gasteiger partial charge in [0.15, 0.2) is 0 Å². The van der Waals surface area contributed by atoms with E-state index in [2.05, 4.69) is 31.9 Å². The number of esters is 1. The Balaban J connectivity index is 1.70. The van der Waals surface area contributed by atoms with Crippen LogP contribution in [-0.4, -0.2) is 34.5 Å². The van der Waals surface area contributed by atoms with Gasteiger partial charge in [-0.25, -0.2) is 4.79 Å². The first-order chi connectivity index (χ1) is 11.5. The fraction of sp³-hybridized carbons (Fsp3) is 0.471. The van der Waals surface area contributed by atoms with E-state index in [0.29, 0.717) is 11.3 Å². The number of rotatable bonds is 2. The molecule has 3 fully saturated rings. The smallest absolute Gasteiger partial charge is 0.337 e. The van der Waals surface area contributed by atoms with Gasteiger partial charge in [0.25, 0.3) is 0 Å². The van der Waals surface area contributed by atoms with Crippen molar-refractivity contribution < 1.29 is 19.1 Å². The number of alkyl halides is 2. The van der Waals surface area contributed by atoms with Crippen molar-refractivity contribution in [1.29, 1.82) is 0 Å². The molecule has 1 aromatic rings. The van der Waals surface area contributed by atoms with Gasteiger partial charge in [-0.3, -0.25) is 14.5 Å². The van der Waals surface area contributed by atoms with Gasteiger partial charge in [0.2, 0.25) is 11.8 Å².